The first kappa shape index (κ1) is 22.0. The number of carbonyl (C=O) groups is 2. The summed E-state index contributed by atoms with van der Waals surface area (Å²) in [6.45, 7) is 6.78. The summed E-state index contributed by atoms with van der Waals surface area (Å²) in [5, 5.41) is 26.1. The van der Waals surface area contributed by atoms with Crippen molar-refractivity contribution in [3.8, 4) is 5.75 Å². The van der Waals surface area contributed by atoms with Gasteiger partial charge in [-0.1, -0.05) is 12.1 Å². The van der Waals surface area contributed by atoms with E-state index in [0.29, 0.717) is 17.6 Å². The average molecular weight is 403 g/mol. The molecule has 1 unspecified atom stereocenters. The number of aliphatic carboxylic acids is 2. The Kier molecular flexibility index (Phi) is 6.59. The van der Waals surface area contributed by atoms with Crippen LogP contribution in [0.25, 0.3) is 0 Å². The predicted octanol–water partition coefficient (Wildman–Crippen LogP) is 3.18. The monoisotopic (exact) mass is 403 g/mol. The van der Waals surface area contributed by atoms with Gasteiger partial charge in [-0.05, 0) is 55.2 Å². The summed E-state index contributed by atoms with van der Waals surface area (Å²) >= 11 is 0. The highest BCUT2D eigenvalue weighted by Gasteiger charge is 2.43. The van der Waals surface area contributed by atoms with Crippen LogP contribution in [-0.4, -0.2) is 51.4 Å². The molecule has 1 saturated carbocycles. The first-order chi connectivity index (χ1) is 12.9. The lowest BCUT2D eigenvalue weighted by Gasteiger charge is -2.19. The lowest BCUT2D eigenvalue weighted by Crippen LogP contribution is -2.23. The second-order valence-corrected chi connectivity index (χ2v) is 7.60. The molecule has 9 heteroatoms. The fourth-order valence-corrected chi connectivity index (χ4v) is 4.12. The zero-order valence-electron chi connectivity index (χ0n) is 15.7. The van der Waals surface area contributed by atoms with Gasteiger partial charge in [-0.2, -0.15) is 13.2 Å². The number of aromatic hydroxyl groups is 1. The Morgan fingerprint density at radius 3 is 1.86 bits per heavy atom. The van der Waals surface area contributed by atoms with Crippen molar-refractivity contribution in [2.45, 2.75) is 39.4 Å². The molecule has 156 valence electrons. The van der Waals surface area contributed by atoms with Crippen LogP contribution in [0.2, 0.25) is 0 Å². The van der Waals surface area contributed by atoms with Gasteiger partial charge in [0.05, 0.1) is 5.92 Å². The molecule has 1 aliphatic heterocycles. The average Bonchev–Trinajstić information content (AvgIpc) is 3.10. The van der Waals surface area contributed by atoms with Gasteiger partial charge in [-0.25, -0.2) is 4.79 Å². The molecule has 2 fully saturated rings. The van der Waals surface area contributed by atoms with Crippen LogP contribution in [0.1, 0.15) is 29.5 Å². The van der Waals surface area contributed by atoms with Gasteiger partial charge in [0.25, 0.3) is 0 Å². The molecule has 1 saturated heterocycles. The third-order valence-electron chi connectivity index (χ3n) is 5.38. The number of rotatable bonds is 3. The van der Waals surface area contributed by atoms with Crippen LogP contribution in [0.15, 0.2) is 12.1 Å². The van der Waals surface area contributed by atoms with E-state index < -0.39 is 18.1 Å². The van der Waals surface area contributed by atoms with Gasteiger partial charge in [0.1, 0.15) is 5.75 Å². The minimum atomic E-state index is -5.08. The van der Waals surface area contributed by atoms with Gasteiger partial charge >= 0.3 is 18.1 Å². The molecular weight excluding hydrogens is 379 g/mol. The molecule has 0 bridgehead atoms. The van der Waals surface area contributed by atoms with Gasteiger partial charge in [0.2, 0.25) is 0 Å². The first-order valence-corrected chi connectivity index (χ1v) is 8.92. The maximum absolute atomic E-state index is 11.1. The topological polar surface area (TPSA) is 98.1 Å². The summed E-state index contributed by atoms with van der Waals surface area (Å²) in [6, 6.07) is 4.10. The quantitative estimate of drug-likeness (QED) is 0.717. The molecule has 3 rings (SSSR count). The number of phenols is 1. The van der Waals surface area contributed by atoms with E-state index in [4.69, 9.17) is 15.0 Å². The summed E-state index contributed by atoms with van der Waals surface area (Å²) < 4.78 is 31.7. The molecule has 0 aromatic heterocycles. The molecule has 0 amide bonds. The van der Waals surface area contributed by atoms with Gasteiger partial charge in [0, 0.05) is 19.6 Å². The number of nitrogens with zero attached hydrogens (tertiary/aromatic N) is 1. The van der Waals surface area contributed by atoms with Crippen LogP contribution < -0.4 is 0 Å². The number of phenolic OH excluding ortho intramolecular Hbond substituents is 1. The highest BCUT2D eigenvalue weighted by atomic mass is 19.4. The fourth-order valence-electron chi connectivity index (χ4n) is 4.12. The Hall–Kier alpha value is -2.29. The van der Waals surface area contributed by atoms with Crippen molar-refractivity contribution < 1.29 is 38.1 Å². The SMILES string of the molecule is Cc1cc(CN2C[C@H]3CC(C(=O)O)C[C@H]3C2)cc(C)c1O.O=C(O)C(F)(F)F. The fraction of sp³-hybridized carbons (Fsp3) is 0.579. The van der Waals surface area contributed by atoms with Gasteiger partial charge < -0.3 is 15.3 Å². The molecule has 28 heavy (non-hydrogen) atoms. The van der Waals surface area contributed by atoms with E-state index in [1.165, 1.54) is 5.56 Å². The number of hydrogen-bond acceptors (Lipinski definition) is 4. The molecule has 6 nitrogen and oxygen atoms in total. The molecule has 0 spiro atoms. The van der Waals surface area contributed by atoms with Crippen molar-refractivity contribution in [3.63, 3.8) is 0 Å². The Morgan fingerprint density at radius 2 is 1.50 bits per heavy atom. The molecule has 0 radical (unpaired) electrons. The van der Waals surface area contributed by atoms with E-state index >= 15 is 0 Å². The van der Waals surface area contributed by atoms with Crippen LogP contribution in [0.5, 0.6) is 5.75 Å². The van der Waals surface area contributed by atoms with E-state index in [9.17, 15) is 23.1 Å². The number of halogens is 3. The molecule has 1 aliphatic carbocycles. The minimum Gasteiger partial charge on any atom is -0.507 e. The van der Waals surface area contributed by atoms with Crippen LogP contribution in [-0.2, 0) is 16.1 Å². The zero-order chi connectivity index (χ0) is 21.2. The molecule has 3 atom stereocenters. The van der Waals surface area contributed by atoms with Crippen LogP contribution >= 0.6 is 0 Å². The number of carboxylic acids is 2. The lowest BCUT2D eigenvalue weighted by molar-refractivity contribution is -0.192. The molecule has 1 aromatic rings. The second-order valence-electron chi connectivity index (χ2n) is 7.60. The van der Waals surface area contributed by atoms with Crippen molar-refractivity contribution in [2.24, 2.45) is 17.8 Å². The number of carboxylic acid groups (broad SMARTS) is 2. The normalized spacial score (nSPS) is 24.4. The van der Waals surface area contributed by atoms with Crippen LogP contribution in [0.3, 0.4) is 0 Å². The Balaban J connectivity index is 0.000000345. The number of hydrogen-bond donors (Lipinski definition) is 3. The third-order valence-corrected chi connectivity index (χ3v) is 5.38. The Morgan fingerprint density at radius 1 is 1.07 bits per heavy atom. The second kappa shape index (κ2) is 8.38. The van der Waals surface area contributed by atoms with E-state index in [1.54, 1.807) is 0 Å². The summed E-state index contributed by atoms with van der Waals surface area (Å²) in [6.07, 6.45) is -3.41. The lowest BCUT2D eigenvalue weighted by atomic mass is 10.0. The molecular formula is C19H24F3NO5. The summed E-state index contributed by atoms with van der Waals surface area (Å²) in [4.78, 5) is 22.4. The number of fused-ring (bicyclic) bond motifs is 1. The summed E-state index contributed by atoms with van der Waals surface area (Å²) in [7, 11) is 0. The number of likely N-dealkylation sites (tertiary alicyclic amines) is 1. The van der Waals surface area contributed by atoms with E-state index in [-0.39, 0.29) is 5.92 Å². The Bertz CT molecular complexity index is 713. The largest absolute Gasteiger partial charge is 0.507 e. The van der Waals surface area contributed by atoms with Gasteiger partial charge in [-0.3, -0.25) is 9.69 Å². The predicted molar refractivity (Wildman–Crippen MR) is 93.9 cm³/mol. The Labute approximate surface area is 160 Å². The molecule has 3 N–H and O–H groups in total. The van der Waals surface area contributed by atoms with Crippen molar-refractivity contribution in [1.82, 2.24) is 4.90 Å². The number of aryl methyl sites for hydroxylation is 2. The molecule has 1 heterocycles. The van der Waals surface area contributed by atoms with Gasteiger partial charge in [0.15, 0.2) is 0 Å². The van der Waals surface area contributed by atoms with Crippen molar-refractivity contribution in [2.75, 3.05) is 13.1 Å². The minimum absolute atomic E-state index is 0.125. The van der Waals surface area contributed by atoms with Crippen molar-refractivity contribution >= 4 is 11.9 Å². The van der Waals surface area contributed by atoms with E-state index in [0.717, 1.165) is 43.6 Å². The number of alkyl halides is 3. The number of benzene rings is 1. The zero-order valence-corrected chi connectivity index (χ0v) is 15.7. The maximum atomic E-state index is 11.1. The summed E-state index contributed by atoms with van der Waals surface area (Å²) in [5.74, 6) is -2.02. The highest BCUT2D eigenvalue weighted by molar-refractivity contribution is 5.73. The van der Waals surface area contributed by atoms with E-state index in [2.05, 4.69) is 17.0 Å². The van der Waals surface area contributed by atoms with Crippen LogP contribution in [0, 0.1) is 31.6 Å². The maximum Gasteiger partial charge on any atom is 0.490 e. The third kappa shape index (κ3) is 5.37. The van der Waals surface area contributed by atoms with Crippen molar-refractivity contribution in [3.05, 3.63) is 28.8 Å². The smallest absolute Gasteiger partial charge is 0.490 e. The first-order valence-electron chi connectivity index (χ1n) is 8.92. The van der Waals surface area contributed by atoms with Crippen LogP contribution in [0.4, 0.5) is 13.2 Å². The highest BCUT2D eigenvalue weighted by Crippen LogP contribution is 2.42. The van der Waals surface area contributed by atoms with Gasteiger partial charge in [-0.15, -0.1) is 0 Å². The van der Waals surface area contributed by atoms with E-state index in [1.807, 2.05) is 13.8 Å². The van der Waals surface area contributed by atoms with Crippen molar-refractivity contribution in [1.29, 1.82) is 0 Å². The molecule has 1 aromatic carbocycles. The standard InChI is InChI=1S/C17H23NO3.C2HF3O2/c1-10-3-12(4-11(2)16(10)19)7-18-8-14-5-13(17(20)21)6-15(14)9-18;3-2(4,5)1(6)7/h3-4,13-15,19H,5-9H2,1-2H3,(H,20,21);(H,6,7)/t13?,14-,15+;. The molecule has 2 aliphatic rings. The summed E-state index contributed by atoms with van der Waals surface area (Å²) in [5.41, 5.74) is 3.09.